The molecule has 0 unspecified atom stereocenters. The predicted octanol–water partition coefficient (Wildman–Crippen LogP) is 3.16. The third-order valence-corrected chi connectivity index (χ3v) is 4.36. The summed E-state index contributed by atoms with van der Waals surface area (Å²) in [5.41, 5.74) is 1.66. The Labute approximate surface area is 141 Å². The molecular formula is C18H22N2O2S. The van der Waals surface area contributed by atoms with Crippen LogP contribution in [0.5, 0.6) is 0 Å². The molecule has 5 heteroatoms. The molecule has 0 bridgehead atoms. The minimum Gasteiger partial charge on any atom is -0.340 e. The first-order valence-electron chi connectivity index (χ1n) is 7.61. The van der Waals surface area contributed by atoms with Crippen LogP contribution in [-0.2, 0) is 11.3 Å². The van der Waals surface area contributed by atoms with E-state index in [9.17, 15) is 9.59 Å². The van der Waals surface area contributed by atoms with E-state index in [1.54, 1.807) is 35.4 Å². The number of hydrogen-bond donors (Lipinski definition) is 1. The standard InChI is InChI=1S/C18H22N2O2S/c1-13(2)16(19-17(21)15-7-5-4-6-8-15)18(22)20(3)11-14-9-10-23-12-14/h4-10,12-13,16H,11H2,1-3H3,(H,19,21)/t16-/m0/s1. The van der Waals surface area contributed by atoms with Gasteiger partial charge in [0.2, 0.25) is 5.91 Å². The van der Waals surface area contributed by atoms with Gasteiger partial charge in [-0.1, -0.05) is 32.0 Å². The molecule has 0 saturated heterocycles. The van der Waals surface area contributed by atoms with E-state index < -0.39 is 6.04 Å². The zero-order valence-corrected chi connectivity index (χ0v) is 14.5. The summed E-state index contributed by atoms with van der Waals surface area (Å²) in [6.07, 6.45) is 0. The number of carbonyl (C=O) groups excluding carboxylic acids is 2. The summed E-state index contributed by atoms with van der Waals surface area (Å²) in [7, 11) is 1.77. The first kappa shape index (κ1) is 17.2. The number of thiophene rings is 1. The van der Waals surface area contributed by atoms with Gasteiger partial charge in [-0.2, -0.15) is 11.3 Å². The molecule has 0 aliphatic heterocycles. The monoisotopic (exact) mass is 330 g/mol. The predicted molar refractivity (Wildman–Crippen MR) is 93.3 cm³/mol. The molecule has 122 valence electrons. The zero-order chi connectivity index (χ0) is 16.8. The van der Waals surface area contributed by atoms with Gasteiger partial charge in [-0.05, 0) is 40.4 Å². The summed E-state index contributed by atoms with van der Waals surface area (Å²) in [6, 6.07) is 10.4. The maximum Gasteiger partial charge on any atom is 0.251 e. The van der Waals surface area contributed by atoms with E-state index in [1.807, 2.05) is 48.9 Å². The lowest BCUT2D eigenvalue weighted by atomic mass is 10.0. The second-order valence-electron chi connectivity index (χ2n) is 5.89. The quantitative estimate of drug-likeness (QED) is 0.884. The van der Waals surface area contributed by atoms with Crippen LogP contribution in [0.1, 0.15) is 29.8 Å². The van der Waals surface area contributed by atoms with Gasteiger partial charge in [-0.25, -0.2) is 0 Å². The van der Waals surface area contributed by atoms with E-state index in [-0.39, 0.29) is 17.7 Å². The molecule has 0 fully saturated rings. The fraction of sp³-hybridized carbons (Fsp3) is 0.333. The summed E-state index contributed by atoms with van der Waals surface area (Å²) in [6.45, 7) is 4.42. The number of hydrogen-bond acceptors (Lipinski definition) is 3. The Morgan fingerprint density at radius 2 is 1.87 bits per heavy atom. The Balaban J connectivity index is 2.05. The van der Waals surface area contributed by atoms with Gasteiger partial charge in [0.25, 0.3) is 5.91 Å². The molecule has 4 nitrogen and oxygen atoms in total. The van der Waals surface area contributed by atoms with Crippen LogP contribution < -0.4 is 5.32 Å². The first-order chi connectivity index (χ1) is 11.0. The second kappa shape index (κ2) is 7.92. The Morgan fingerprint density at radius 3 is 2.43 bits per heavy atom. The van der Waals surface area contributed by atoms with Crippen LogP contribution in [0.25, 0.3) is 0 Å². The van der Waals surface area contributed by atoms with Crippen molar-refractivity contribution in [2.24, 2.45) is 5.92 Å². The molecule has 23 heavy (non-hydrogen) atoms. The van der Waals surface area contributed by atoms with Crippen LogP contribution in [-0.4, -0.2) is 29.8 Å². The molecule has 2 aromatic rings. The number of carbonyl (C=O) groups is 2. The third kappa shape index (κ3) is 4.66. The minimum absolute atomic E-state index is 0.0140. The molecule has 1 heterocycles. The van der Waals surface area contributed by atoms with Crippen LogP contribution in [0.4, 0.5) is 0 Å². The van der Waals surface area contributed by atoms with Crippen molar-refractivity contribution >= 4 is 23.2 Å². The fourth-order valence-electron chi connectivity index (χ4n) is 2.30. The maximum atomic E-state index is 12.7. The van der Waals surface area contributed by atoms with Crippen molar-refractivity contribution in [2.75, 3.05) is 7.05 Å². The van der Waals surface area contributed by atoms with Crippen LogP contribution in [0.2, 0.25) is 0 Å². The highest BCUT2D eigenvalue weighted by molar-refractivity contribution is 7.07. The molecule has 1 N–H and O–H groups in total. The summed E-state index contributed by atoms with van der Waals surface area (Å²) >= 11 is 1.61. The van der Waals surface area contributed by atoms with Crippen molar-refractivity contribution < 1.29 is 9.59 Å². The van der Waals surface area contributed by atoms with Gasteiger partial charge in [0.15, 0.2) is 0 Å². The van der Waals surface area contributed by atoms with E-state index in [1.165, 1.54) is 0 Å². The molecule has 0 aliphatic carbocycles. The van der Waals surface area contributed by atoms with Crippen molar-refractivity contribution in [3.05, 3.63) is 58.3 Å². The molecule has 2 amide bonds. The van der Waals surface area contributed by atoms with Crippen molar-refractivity contribution in [2.45, 2.75) is 26.4 Å². The Hall–Kier alpha value is -2.14. The van der Waals surface area contributed by atoms with E-state index in [0.717, 1.165) is 5.56 Å². The number of nitrogens with zero attached hydrogens (tertiary/aromatic N) is 1. The van der Waals surface area contributed by atoms with Crippen LogP contribution in [0.3, 0.4) is 0 Å². The molecule has 0 saturated carbocycles. The minimum atomic E-state index is -0.536. The van der Waals surface area contributed by atoms with Gasteiger partial charge in [0, 0.05) is 19.2 Å². The van der Waals surface area contributed by atoms with E-state index in [0.29, 0.717) is 12.1 Å². The van der Waals surface area contributed by atoms with E-state index in [4.69, 9.17) is 0 Å². The van der Waals surface area contributed by atoms with Gasteiger partial charge in [-0.15, -0.1) is 0 Å². The van der Waals surface area contributed by atoms with E-state index in [2.05, 4.69) is 5.32 Å². The van der Waals surface area contributed by atoms with Crippen molar-refractivity contribution in [1.29, 1.82) is 0 Å². The normalized spacial score (nSPS) is 12.0. The lowest BCUT2D eigenvalue weighted by Gasteiger charge is -2.27. The Kier molecular flexibility index (Phi) is 5.93. The highest BCUT2D eigenvalue weighted by atomic mass is 32.1. The molecule has 0 radical (unpaired) electrons. The van der Waals surface area contributed by atoms with Gasteiger partial charge in [0.1, 0.15) is 6.04 Å². The zero-order valence-electron chi connectivity index (χ0n) is 13.7. The number of likely N-dealkylation sites (N-methyl/N-ethyl adjacent to an activating group) is 1. The summed E-state index contributed by atoms with van der Waals surface area (Å²) < 4.78 is 0. The number of rotatable bonds is 6. The summed E-state index contributed by atoms with van der Waals surface area (Å²) in [4.78, 5) is 26.7. The number of nitrogens with one attached hydrogen (secondary N) is 1. The Morgan fingerprint density at radius 1 is 1.17 bits per heavy atom. The highest BCUT2D eigenvalue weighted by Crippen LogP contribution is 2.12. The van der Waals surface area contributed by atoms with Crippen LogP contribution >= 0.6 is 11.3 Å². The fourth-order valence-corrected chi connectivity index (χ4v) is 2.96. The van der Waals surface area contributed by atoms with Gasteiger partial charge in [-0.3, -0.25) is 9.59 Å². The van der Waals surface area contributed by atoms with Gasteiger partial charge < -0.3 is 10.2 Å². The van der Waals surface area contributed by atoms with Crippen LogP contribution in [0.15, 0.2) is 47.2 Å². The number of benzene rings is 1. The highest BCUT2D eigenvalue weighted by Gasteiger charge is 2.27. The topological polar surface area (TPSA) is 49.4 Å². The molecule has 1 aromatic heterocycles. The van der Waals surface area contributed by atoms with Crippen molar-refractivity contribution in [3.8, 4) is 0 Å². The molecule has 0 aliphatic rings. The molecule has 2 rings (SSSR count). The lowest BCUT2D eigenvalue weighted by Crippen LogP contribution is -2.50. The molecule has 1 aromatic carbocycles. The van der Waals surface area contributed by atoms with Crippen molar-refractivity contribution in [1.82, 2.24) is 10.2 Å². The molecular weight excluding hydrogens is 308 g/mol. The SMILES string of the molecule is CC(C)[C@H](NC(=O)c1ccccc1)C(=O)N(C)Cc1ccsc1. The second-order valence-corrected chi connectivity index (χ2v) is 6.67. The van der Waals surface area contributed by atoms with Gasteiger partial charge >= 0.3 is 0 Å². The average Bonchev–Trinajstić information content (AvgIpc) is 3.05. The maximum absolute atomic E-state index is 12.7. The molecule has 1 atom stereocenters. The summed E-state index contributed by atoms with van der Waals surface area (Å²) in [5, 5.41) is 6.88. The summed E-state index contributed by atoms with van der Waals surface area (Å²) in [5.74, 6) is -0.280. The smallest absolute Gasteiger partial charge is 0.251 e. The molecule has 0 spiro atoms. The third-order valence-electron chi connectivity index (χ3n) is 3.63. The first-order valence-corrected chi connectivity index (χ1v) is 8.55. The largest absolute Gasteiger partial charge is 0.340 e. The van der Waals surface area contributed by atoms with Crippen molar-refractivity contribution in [3.63, 3.8) is 0 Å². The van der Waals surface area contributed by atoms with E-state index >= 15 is 0 Å². The average molecular weight is 330 g/mol. The Bertz CT molecular complexity index is 638. The number of amides is 2. The van der Waals surface area contributed by atoms with Crippen LogP contribution in [0, 0.1) is 5.92 Å². The lowest BCUT2D eigenvalue weighted by molar-refractivity contribution is -0.133. The van der Waals surface area contributed by atoms with Gasteiger partial charge in [0.05, 0.1) is 0 Å².